The first-order chi connectivity index (χ1) is 7.72. The van der Waals surface area contributed by atoms with Crippen LogP contribution in [0.25, 0.3) is 0 Å². The van der Waals surface area contributed by atoms with E-state index in [2.05, 4.69) is 40.8 Å². The predicted molar refractivity (Wildman–Crippen MR) is 76.0 cm³/mol. The standard InChI is InChI=1S/C14H30O2Si/c1-7-8-11-15-12-14(9-10-14)16-17(5,6)13(2,3)4/h7-12H2,1-6H3. The van der Waals surface area contributed by atoms with Crippen molar-refractivity contribution in [2.75, 3.05) is 13.2 Å². The Balaban J connectivity index is 2.40. The fourth-order valence-electron chi connectivity index (χ4n) is 1.61. The van der Waals surface area contributed by atoms with Crippen molar-refractivity contribution in [3.05, 3.63) is 0 Å². The van der Waals surface area contributed by atoms with Crippen LogP contribution in [0, 0.1) is 0 Å². The van der Waals surface area contributed by atoms with Gasteiger partial charge in [-0.25, -0.2) is 0 Å². The molecule has 0 aromatic heterocycles. The average Bonchev–Trinajstić information content (AvgIpc) is 2.91. The first-order valence-electron chi connectivity index (χ1n) is 7.00. The summed E-state index contributed by atoms with van der Waals surface area (Å²) in [5, 5.41) is 0.298. The Bertz CT molecular complexity index is 239. The molecule has 17 heavy (non-hydrogen) atoms. The topological polar surface area (TPSA) is 18.5 Å². The van der Waals surface area contributed by atoms with Crippen molar-refractivity contribution in [2.24, 2.45) is 0 Å². The Morgan fingerprint density at radius 1 is 1.18 bits per heavy atom. The van der Waals surface area contributed by atoms with Crippen molar-refractivity contribution in [1.29, 1.82) is 0 Å². The van der Waals surface area contributed by atoms with Crippen molar-refractivity contribution in [3.8, 4) is 0 Å². The zero-order valence-corrected chi connectivity index (χ0v) is 13.6. The van der Waals surface area contributed by atoms with Crippen LogP contribution in [-0.2, 0) is 9.16 Å². The van der Waals surface area contributed by atoms with Gasteiger partial charge in [0.2, 0.25) is 0 Å². The van der Waals surface area contributed by atoms with Crippen molar-refractivity contribution in [2.45, 2.75) is 77.1 Å². The summed E-state index contributed by atoms with van der Waals surface area (Å²) in [4.78, 5) is 0. The molecule has 0 heterocycles. The Morgan fingerprint density at radius 2 is 1.76 bits per heavy atom. The van der Waals surface area contributed by atoms with Gasteiger partial charge in [-0.1, -0.05) is 34.1 Å². The summed E-state index contributed by atoms with van der Waals surface area (Å²) < 4.78 is 12.3. The van der Waals surface area contributed by atoms with Gasteiger partial charge in [-0.3, -0.25) is 0 Å². The summed E-state index contributed by atoms with van der Waals surface area (Å²) in [5.41, 5.74) is 0.0801. The summed E-state index contributed by atoms with van der Waals surface area (Å²) in [7, 11) is -1.63. The quantitative estimate of drug-likeness (QED) is 0.499. The van der Waals surface area contributed by atoms with E-state index in [0.29, 0.717) is 5.04 Å². The Kier molecular flexibility index (Phi) is 4.84. The third-order valence-corrected chi connectivity index (χ3v) is 8.65. The van der Waals surface area contributed by atoms with E-state index in [9.17, 15) is 0 Å². The van der Waals surface area contributed by atoms with Gasteiger partial charge in [0.25, 0.3) is 0 Å². The van der Waals surface area contributed by atoms with E-state index in [1.54, 1.807) is 0 Å². The molecular formula is C14H30O2Si. The molecule has 1 fully saturated rings. The summed E-state index contributed by atoms with van der Waals surface area (Å²) in [6.07, 6.45) is 4.74. The molecule has 0 aliphatic heterocycles. The third-order valence-electron chi connectivity index (χ3n) is 4.09. The molecule has 0 bridgehead atoms. The van der Waals surface area contributed by atoms with Crippen molar-refractivity contribution in [1.82, 2.24) is 0 Å². The van der Waals surface area contributed by atoms with E-state index in [1.165, 1.54) is 19.3 Å². The van der Waals surface area contributed by atoms with Crippen LogP contribution in [0.1, 0.15) is 53.4 Å². The number of unbranched alkanes of at least 4 members (excludes halogenated alkanes) is 1. The van der Waals surface area contributed by atoms with Crippen molar-refractivity contribution in [3.63, 3.8) is 0 Å². The van der Waals surface area contributed by atoms with Crippen LogP contribution in [0.5, 0.6) is 0 Å². The van der Waals surface area contributed by atoms with Gasteiger partial charge in [0.15, 0.2) is 8.32 Å². The lowest BCUT2D eigenvalue weighted by Crippen LogP contribution is -2.46. The number of hydrogen-bond acceptors (Lipinski definition) is 2. The predicted octanol–water partition coefficient (Wildman–Crippen LogP) is 4.36. The van der Waals surface area contributed by atoms with Gasteiger partial charge in [0, 0.05) is 6.61 Å². The molecule has 0 atom stereocenters. The summed E-state index contributed by atoms with van der Waals surface area (Å²) >= 11 is 0. The van der Waals surface area contributed by atoms with Gasteiger partial charge >= 0.3 is 0 Å². The molecule has 1 aliphatic carbocycles. The molecular weight excluding hydrogens is 228 g/mol. The minimum Gasteiger partial charge on any atom is -0.409 e. The van der Waals surface area contributed by atoms with Crippen LogP contribution in [0.3, 0.4) is 0 Å². The fraction of sp³-hybridized carbons (Fsp3) is 1.00. The molecule has 0 amide bonds. The van der Waals surface area contributed by atoms with Crippen LogP contribution in [-0.4, -0.2) is 27.1 Å². The maximum atomic E-state index is 6.49. The van der Waals surface area contributed by atoms with Gasteiger partial charge in [-0.2, -0.15) is 0 Å². The second kappa shape index (κ2) is 5.41. The fourth-order valence-corrected chi connectivity index (χ4v) is 3.27. The molecule has 1 aliphatic rings. The lowest BCUT2D eigenvalue weighted by Gasteiger charge is -2.39. The summed E-state index contributed by atoms with van der Waals surface area (Å²) in [6.45, 7) is 15.5. The SMILES string of the molecule is CCCCOCC1(O[Si](C)(C)C(C)(C)C)CC1. The molecule has 1 saturated carbocycles. The lowest BCUT2D eigenvalue weighted by molar-refractivity contribution is 0.0267. The number of hydrogen-bond donors (Lipinski definition) is 0. The highest BCUT2D eigenvalue weighted by Gasteiger charge is 2.51. The zero-order valence-electron chi connectivity index (χ0n) is 12.6. The first-order valence-corrected chi connectivity index (χ1v) is 9.91. The molecule has 3 heteroatoms. The molecule has 0 unspecified atom stereocenters. The molecule has 0 saturated heterocycles. The summed E-state index contributed by atoms with van der Waals surface area (Å²) in [6, 6.07) is 0. The van der Waals surface area contributed by atoms with Gasteiger partial charge in [0.1, 0.15) is 0 Å². The van der Waals surface area contributed by atoms with E-state index >= 15 is 0 Å². The van der Waals surface area contributed by atoms with Crippen molar-refractivity contribution < 1.29 is 9.16 Å². The molecule has 0 N–H and O–H groups in total. The van der Waals surface area contributed by atoms with Gasteiger partial charge in [0.05, 0.1) is 12.2 Å². The molecule has 102 valence electrons. The maximum absolute atomic E-state index is 6.49. The Labute approximate surface area is 108 Å². The Hall–Kier alpha value is 0.137. The van der Waals surface area contributed by atoms with Crippen molar-refractivity contribution >= 4 is 8.32 Å². The van der Waals surface area contributed by atoms with E-state index in [0.717, 1.165) is 19.6 Å². The average molecular weight is 258 g/mol. The zero-order chi connectivity index (χ0) is 13.2. The monoisotopic (exact) mass is 258 g/mol. The Morgan fingerprint density at radius 3 is 2.18 bits per heavy atom. The third kappa shape index (κ3) is 4.38. The van der Waals surface area contributed by atoms with Crippen LogP contribution in [0.4, 0.5) is 0 Å². The minimum absolute atomic E-state index is 0.0801. The van der Waals surface area contributed by atoms with Crippen LogP contribution in [0.15, 0.2) is 0 Å². The molecule has 0 aromatic rings. The second-order valence-corrected chi connectivity index (χ2v) is 11.7. The van der Waals surface area contributed by atoms with Gasteiger partial charge in [-0.05, 0) is 37.4 Å². The van der Waals surface area contributed by atoms with E-state index < -0.39 is 8.32 Å². The highest BCUT2D eigenvalue weighted by atomic mass is 28.4. The molecule has 0 aromatic carbocycles. The largest absolute Gasteiger partial charge is 0.409 e. The van der Waals surface area contributed by atoms with E-state index in [4.69, 9.17) is 9.16 Å². The van der Waals surface area contributed by atoms with E-state index in [-0.39, 0.29) is 5.60 Å². The summed E-state index contributed by atoms with van der Waals surface area (Å²) in [5.74, 6) is 0. The normalized spacial score (nSPS) is 19.4. The first kappa shape index (κ1) is 15.2. The molecule has 0 radical (unpaired) electrons. The minimum atomic E-state index is -1.63. The number of ether oxygens (including phenoxy) is 1. The lowest BCUT2D eigenvalue weighted by atomic mass is 10.2. The van der Waals surface area contributed by atoms with Crippen LogP contribution >= 0.6 is 0 Å². The second-order valence-electron chi connectivity index (χ2n) is 6.95. The highest BCUT2D eigenvalue weighted by Crippen LogP contribution is 2.47. The molecule has 1 rings (SSSR count). The molecule has 0 spiro atoms. The van der Waals surface area contributed by atoms with Gasteiger partial charge < -0.3 is 9.16 Å². The van der Waals surface area contributed by atoms with Gasteiger partial charge in [-0.15, -0.1) is 0 Å². The molecule has 2 nitrogen and oxygen atoms in total. The highest BCUT2D eigenvalue weighted by molar-refractivity contribution is 6.74. The maximum Gasteiger partial charge on any atom is 0.192 e. The van der Waals surface area contributed by atoms with Crippen LogP contribution < -0.4 is 0 Å². The van der Waals surface area contributed by atoms with E-state index in [1.807, 2.05) is 0 Å². The van der Waals surface area contributed by atoms with Crippen LogP contribution in [0.2, 0.25) is 18.1 Å². The smallest absolute Gasteiger partial charge is 0.192 e. The number of rotatable bonds is 7.